The number of hydrogen-bond acceptors (Lipinski definition) is 21. The highest BCUT2D eigenvalue weighted by molar-refractivity contribution is 5.91. The SMILES string of the molecule is CN[C@@H](CCCCNC(=O)COCCOCCNC(=O)COCCOCCNC(=O)CCCC(=O)NCCCC[C@H](CC(=O)CCCC(=O)NC(CNC(C)(C)/C(C)=N/O)CNC(C)(C)/C(C)=N/O)C(=O)NCCCC[C@H](NC)C(N)=O)C(N)=O. The number of likely N-dealkylation sites (N-methyl/N-ethyl adjacent to an activating group) is 2. The second-order valence-electron chi connectivity index (χ2n) is 21.8. The fourth-order valence-electron chi connectivity index (χ4n) is 8.00. The summed E-state index contributed by atoms with van der Waals surface area (Å²) in [5.41, 5.74) is 10.2. The first kappa shape index (κ1) is 79.0. The number of nitrogens with zero attached hydrogens (tertiary/aromatic N) is 2. The van der Waals surface area contributed by atoms with Crippen LogP contribution in [0.5, 0.6) is 0 Å². The molecule has 490 valence electrons. The van der Waals surface area contributed by atoms with Crippen LogP contribution in [0.2, 0.25) is 0 Å². The number of amides is 8. The van der Waals surface area contributed by atoms with Gasteiger partial charge in [-0.1, -0.05) is 16.7 Å². The number of nitrogens with one attached hydrogen (secondary N) is 10. The number of unbranched alkanes of at least 4 members (excludes halogenated alkanes) is 3. The van der Waals surface area contributed by atoms with Gasteiger partial charge < -0.3 is 94.0 Å². The Hall–Kier alpha value is -5.95. The lowest BCUT2D eigenvalue weighted by Crippen LogP contribution is -2.57. The van der Waals surface area contributed by atoms with Crippen molar-refractivity contribution in [2.75, 3.05) is 113 Å². The summed E-state index contributed by atoms with van der Waals surface area (Å²) in [7, 11) is 3.32. The highest BCUT2D eigenvalue weighted by Crippen LogP contribution is 2.17. The van der Waals surface area contributed by atoms with Crippen molar-refractivity contribution in [2.24, 2.45) is 27.7 Å². The quantitative estimate of drug-likeness (QED) is 0.0152. The van der Waals surface area contributed by atoms with Crippen molar-refractivity contribution in [3.05, 3.63) is 0 Å². The summed E-state index contributed by atoms with van der Waals surface area (Å²) in [5, 5.41) is 54.6. The first-order valence-corrected chi connectivity index (χ1v) is 29.7. The van der Waals surface area contributed by atoms with Crippen molar-refractivity contribution in [3.63, 3.8) is 0 Å². The minimum Gasteiger partial charge on any atom is -0.411 e. The molecule has 29 heteroatoms. The topological polar surface area (TPSA) is 428 Å². The zero-order chi connectivity index (χ0) is 63.9. The third kappa shape index (κ3) is 41.7. The molecule has 0 fully saturated rings. The Morgan fingerprint density at radius 2 is 0.859 bits per heavy atom. The number of primary amides is 2. The Morgan fingerprint density at radius 1 is 0.471 bits per heavy atom. The number of oxime groups is 2. The molecule has 0 unspecified atom stereocenters. The van der Waals surface area contributed by atoms with E-state index in [0.717, 1.165) is 6.42 Å². The largest absolute Gasteiger partial charge is 0.411 e. The van der Waals surface area contributed by atoms with E-state index in [-0.39, 0.29) is 152 Å². The van der Waals surface area contributed by atoms with E-state index in [4.69, 9.17) is 30.4 Å². The van der Waals surface area contributed by atoms with E-state index in [1.807, 2.05) is 27.7 Å². The van der Waals surface area contributed by atoms with Crippen LogP contribution in [0.1, 0.15) is 144 Å². The molecule has 3 atom stereocenters. The highest BCUT2D eigenvalue weighted by Gasteiger charge is 2.28. The Bertz CT molecular complexity index is 2000. The fourth-order valence-corrected chi connectivity index (χ4v) is 8.00. The molecule has 0 heterocycles. The van der Waals surface area contributed by atoms with Crippen molar-refractivity contribution >= 4 is 64.5 Å². The Morgan fingerprint density at radius 3 is 1.31 bits per heavy atom. The van der Waals surface area contributed by atoms with Crippen LogP contribution in [-0.2, 0) is 62.1 Å². The number of Topliss-reactive ketones (excluding diaryl/α,β-unsaturated/α-hetero) is 1. The predicted octanol–water partition coefficient (Wildman–Crippen LogP) is -0.871. The lowest BCUT2D eigenvalue weighted by molar-refractivity contribution is -0.130. The number of hydrogen-bond donors (Lipinski definition) is 14. The molecule has 0 spiro atoms. The molecular formula is C56H106N14O15. The van der Waals surface area contributed by atoms with Gasteiger partial charge in [-0.05, 0) is 120 Å². The van der Waals surface area contributed by atoms with Gasteiger partial charge in [0.1, 0.15) is 19.0 Å². The molecule has 0 aromatic rings. The first-order valence-electron chi connectivity index (χ1n) is 29.7. The van der Waals surface area contributed by atoms with Gasteiger partial charge in [-0.25, -0.2) is 0 Å². The minimum absolute atomic E-state index is 0.0291. The second kappa shape index (κ2) is 48.2. The lowest BCUT2D eigenvalue weighted by Gasteiger charge is -2.32. The monoisotopic (exact) mass is 1210 g/mol. The van der Waals surface area contributed by atoms with E-state index in [1.54, 1.807) is 27.9 Å². The molecule has 0 aliphatic rings. The highest BCUT2D eigenvalue weighted by atomic mass is 16.5. The van der Waals surface area contributed by atoms with E-state index in [9.17, 15) is 53.6 Å². The maximum absolute atomic E-state index is 13.4. The van der Waals surface area contributed by atoms with Crippen LogP contribution in [0.3, 0.4) is 0 Å². The molecule has 0 aromatic carbocycles. The van der Waals surface area contributed by atoms with Crippen molar-refractivity contribution in [2.45, 2.75) is 173 Å². The van der Waals surface area contributed by atoms with Crippen LogP contribution in [0.4, 0.5) is 0 Å². The van der Waals surface area contributed by atoms with Gasteiger partial charge in [-0.3, -0.25) is 43.2 Å². The number of rotatable bonds is 55. The van der Waals surface area contributed by atoms with Crippen LogP contribution in [0, 0.1) is 5.92 Å². The smallest absolute Gasteiger partial charge is 0.246 e. The Kier molecular flexibility index (Phi) is 44.8. The van der Waals surface area contributed by atoms with Crippen LogP contribution in [0.15, 0.2) is 10.3 Å². The number of carbonyl (C=O) groups excluding carboxylic acids is 9. The molecule has 8 amide bonds. The molecule has 0 saturated carbocycles. The molecule has 0 rings (SSSR count). The number of ketones is 1. The first-order chi connectivity index (χ1) is 40.4. The average Bonchev–Trinajstić information content (AvgIpc) is 3.67. The standard InChI is InChI=1S/C56H106N14O15/c1-40(69-80)55(3,4)66-36-43(37-67-56(5,6)41(2)70-81)68-49(74)23-15-18-44(71)35-42(54(79)65-26-14-11-20-46(60-8)53(58)78)17-9-12-24-61-47(72)21-16-22-48(73)63-27-29-82-31-34-85-39-51(76)64-28-30-83-32-33-84-38-50(75)62-25-13-10-19-45(59-7)52(57)77/h42-43,45-46,59-60,66-67,80-81H,9-39H2,1-8H3,(H2,57,77)(H2,58,78)(H,61,72)(H,62,75)(H,63,73)(H,64,76)(H,65,79)(H,68,74)/b69-40+,70-41+/t42-,45+,46+/m1/s1. The van der Waals surface area contributed by atoms with Gasteiger partial charge in [0.05, 0.1) is 80.3 Å². The Balaban J connectivity index is 4.60. The molecule has 0 saturated heterocycles. The number of ether oxygens (including phenoxy) is 4. The van der Waals surface area contributed by atoms with Gasteiger partial charge in [0.25, 0.3) is 0 Å². The number of nitrogens with two attached hydrogens (primary N) is 2. The normalized spacial score (nSPS) is 13.1. The third-order valence-corrected chi connectivity index (χ3v) is 14.1. The van der Waals surface area contributed by atoms with E-state index in [0.29, 0.717) is 102 Å². The van der Waals surface area contributed by atoms with E-state index in [1.165, 1.54) is 0 Å². The second-order valence-corrected chi connectivity index (χ2v) is 21.8. The number of carbonyl (C=O) groups is 9. The third-order valence-electron chi connectivity index (χ3n) is 14.1. The van der Waals surface area contributed by atoms with Crippen LogP contribution < -0.4 is 64.6 Å². The van der Waals surface area contributed by atoms with Crippen molar-refractivity contribution in [1.29, 1.82) is 0 Å². The van der Waals surface area contributed by atoms with Crippen molar-refractivity contribution in [1.82, 2.24) is 53.2 Å². The molecule has 85 heavy (non-hydrogen) atoms. The zero-order valence-electron chi connectivity index (χ0n) is 52.0. The summed E-state index contributed by atoms with van der Waals surface area (Å²) in [6.07, 6.45) is 6.18. The summed E-state index contributed by atoms with van der Waals surface area (Å²) in [5.74, 6) is -3.28. The summed E-state index contributed by atoms with van der Waals surface area (Å²) >= 11 is 0. The summed E-state index contributed by atoms with van der Waals surface area (Å²) < 4.78 is 21.5. The van der Waals surface area contributed by atoms with Gasteiger partial charge in [-0.15, -0.1) is 0 Å². The minimum atomic E-state index is -0.687. The zero-order valence-corrected chi connectivity index (χ0v) is 52.0. The van der Waals surface area contributed by atoms with Gasteiger partial charge in [0.15, 0.2) is 0 Å². The summed E-state index contributed by atoms with van der Waals surface area (Å²) in [6.45, 7) is 14.0. The van der Waals surface area contributed by atoms with E-state index >= 15 is 0 Å². The van der Waals surface area contributed by atoms with Crippen LogP contribution in [0.25, 0.3) is 0 Å². The maximum atomic E-state index is 13.4. The van der Waals surface area contributed by atoms with Crippen LogP contribution in [-0.4, -0.2) is 217 Å². The summed E-state index contributed by atoms with van der Waals surface area (Å²) in [4.78, 5) is 112. The molecule has 0 aliphatic carbocycles. The molecule has 0 radical (unpaired) electrons. The molecular weight excluding hydrogens is 1110 g/mol. The van der Waals surface area contributed by atoms with Gasteiger partial charge in [0.2, 0.25) is 47.3 Å². The van der Waals surface area contributed by atoms with Crippen molar-refractivity contribution in [3.8, 4) is 0 Å². The maximum Gasteiger partial charge on any atom is 0.246 e. The van der Waals surface area contributed by atoms with E-state index in [2.05, 4.69) is 63.5 Å². The molecule has 29 nitrogen and oxygen atoms in total. The summed E-state index contributed by atoms with van der Waals surface area (Å²) in [6, 6.07) is -1.30. The average molecular weight is 1220 g/mol. The molecule has 0 bridgehead atoms. The Labute approximate surface area is 502 Å². The molecule has 0 aliphatic heterocycles. The fraction of sp³-hybridized carbons (Fsp3) is 0.804. The van der Waals surface area contributed by atoms with Crippen molar-refractivity contribution < 1.29 is 72.5 Å². The molecule has 0 aromatic heterocycles. The van der Waals surface area contributed by atoms with Gasteiger partial charge in [0, 0.05) is 83.8 Å². The predicted molar refractivity (Wildman–Crippen MR) is 321 cm³/mol. The van der Waals surface area contributed by atoms with Gasteiger partial charge >= 0.3 is 0 Å². The molecule has 16 N–H and O–H groups in total. The van der Waals surface area contributed by atoms with Crippen LogP contribution >= 0.6 is 0 Å². The van der Waals surface area contributed by atoms with E-state index < -0.39 is 40.9 Å². The van der Waals surface area contributed by atoms with Gasteiger partial charge in [-0.2, -0.15) is 0 Å². The lowest BCUT2D eigenvalue weighted by atomic mass is 9.93.